The number of hydrogen-bond acceptors (Lipinski definition) is 6. The third-order valence-electron chi connectivity index (χ3n) is 8.89. The van der Waals surface area contributed by atoms with E-state index in [1.165, 1.54) is 0 Å². The molecule has 4 aromatic rings. The summed E-state index contributed by atoms with van der Waals surface area (Å²) in [6.07, 6.45) is 6.13. The molecule has 0 bridgehead atoms. The molecule has 2 aromatic carbocycles. The predicted octanol–water partition coefficient (Wildman–Crippen LogP) is 4.73. The van der Waals surface area contributed by atoms with E-state index in [9.17, 15) is 4.79 Å². The van der Waals surface area contributed by atoms with Gasteiger partial charge in [0.2, 0.25) is 0 Å². The number of benzene rings is 2. The molecule has 6 rings (SSSR count). The number of pyridine rings is 1. The number of carbonyl (C=O) groups excluding carboxylic acids is 1. The Morgan fingerprint density at radius 1 is 0.951 bits per heavy atom. The lowest BCUT2D eigenvalue weighted by Gasteiger charge is -2.41. The molecule has 4 N–H and O–H groups in total. The average molecular weight is 553 g/mol. The van der Waals surface area contributed by atoms with Gasteiger partial charge in [0, 0.05) is 44.1 Å². The Hall–Kier alpha value is -3.95. The number of primary amides is 1. The molecular weight excluding hydrogens is 512 g/mol. The molecule has 3 heterocycles. The number of nitrogens with zero attached hydrogens (tertiary/aromatic N) is 6. The summed E-state index contributed by atoms with van der Waals surface area (Å²) in [7, 11) is 2.20. The highest BCUT2D eigenvalue weighted by molar-refractivity contribution is 5.96. The third-order valence-corrected chi connectivity index (χ3v) is 8.89. The predicted molar refractivity (Wildman–Crippen MR) is 164 cm³/mol. The summed E-state index contributed by atoms with van der Waals surface area (Å²) in [5.41, 5.74) is 17.0. The minimum atomic E-state index is -0.576. The highest BCUT2D eigenvalue weighted by Gasteiger charge is 2.35. The zero-order valence-corrected chi connectivity index (χ0v) is 24.0. The van der Waals surface area contributed by atoms with Crippen molar-refractivity contribution in [2.24, 2.45) is 5.73 Å². The molecule has 1 saturated carbocycles. The van der Waals surface area contributed by atoms with E-state index in [2.05, 4.69) is 26.5 Å². The van der Waals surface area contributed by atoms with Crippen molar-refractivity contribution in [3.63, 3.8) is 0 Å². The van der Waals surface area contributed by atoms with Crippen LogP contribution in [0.5, 0.6) is 0 Å². The van der Waals surface area contributed by atoms with E-state index >= 15 is 0 Å². The van der Waals surface area contributed by atoms with E-state index < -0.39 is 12.1 Å². The Kier molecular flexibility index (Phi) is 7.64. The Bertz CT molecular complexity index is 1500. The zero-order chi connectivity index (χ0) is 28.5. The molecule has 1 unspecified atom stereocenters. The maximum absolute atomic E-state index is 13.2. The van der Waals surface area contributed by atoms with Gasteiger partial charge in [0.15, 0.2) is 0 Å². The molecule has 214 valence electrons. The Labute approximate surface area is 241 Å². The number of aryl methyl sites for hydroxylation is 1. The van der Waals surface area contributed by atoms with Crippen LogP contribution >= 0.6 is 0 Å². The van der Waals surface area contributed by atoms with E-state index in [0.717, 1.165) is 73.9 Å². The van der Waals surface area contributed by atoms with Crippen LogP contribution in [0, 0.1) is 6.92 Å². The molecule has 1 aliphatic carbocycles. The van der Waals surface area contributed by atoms with Gasteiger partial charge in [0.25, 0.3) is 0 Å². The number of nitrogen functional groups attached to an aromatic ring is 1. The van der Waals surface area contributed by atoms with Gasteiger partial charge < -0.3 is 16.4 Å². The topological polar surface area (TPSA) is 110 Å². The van der Waals surface area contributed by atoms with Gasteiger partial charge in [-0.25, -0.2) is 9.78 Å². The maximum Gasteiger partial charge on any atom is 0.320 e. The molecule has 2 amide bonds. The number of fused-ring (bicyclic) bond motifs is 1. The molecule has 2 aliphatic rings. The first-order valence-corrected chi connectivity index (χ1v) is 14.7. The first kappa shape index (κ1) is 27.2. The molecule has 1 saturated heterocycles. The maximum atomic E-state index is 13.2. The molecule has 41 heavy (non-hydrogen) atoms. The monoisotopic (exact) mass is 552 g/mol. The van der Waals surface area contributed by atoms with Gasteiger partial charge in [-0.2, -0.15) is 5.10 Å². The van der Waals surface area contributed by atoms with Gasteiger partial charge in [0.1, 0.15) is 17.6 Å². The van der Waals surface area contributed by atoms with Crippen LogP contribution in [0.15, 0.2) is 66.9 Å². The van der Waals surface area contributed by atoms with Crippen molar-refractivity contribution in [2.45, 2.75) is 50.7 Å². The van der Waals surface area contributed by atoms with Crippen molar-refractivity contribution in [3.05, 3.63) is 83.7 Å². The number of rotatable bonds is 6. The van der Waals surface area contributed by atoms with E-state index in [4.69, 9.17) is 16.6 Å². The summed E-state index contributed by atoms with van der Waals surface area (Å²) in [6, 6.07) is 19.5. The molecule has 0 spiro atoms. The van der Waals surface area contributed by atoms with Gasteiger partial charge in [-0.05, 0) is 69.0 Å². The smallest absolute Gasteiger partial charge is 0.320 e. The lowest BCUT2D eigenvalue weighted by atomic mass is 9.89. The second kappa shape index (κ2) is 11.5. The fourth-order valence-corrected chi connectivity index (χ4v) is 6.71. The summed E-state index contributed by atoms with van der Waals surface area (Å²) in [6.45, 7) is 6.56. The fourth-order valence-electron chi connectivity index (χ4n) is 6.71. The molecule has 2 aromatic heterocycles. The lowest BCUT2D eigenvalue weighted by molar-refractivity contribution is 0.0815. The quantitative estimate of drug-likeness (QED) is 0.358. The number of nitrogens with two attached hydrogens (primary N) is 2. The summed E-state index contributed by atoms with van der Waals surface area (Å²) in [5.74, 6) is 0.407. The number of piperazine rings is 1. The molecule has 1 aliphatic heterocycles. The van der Waals surface area contributed by atoms with E-state index in [-0.39, 0.29) is 6.04 Å². The van der Waals surface area contributed by atoms with Crippen LogP contribution in [0.4, 0.5) is 16.3 Å². The normalized spacial score (nSPS) is 21.1. The number of hydrogen-bond donors (Lipinski definition) is 2. The molecular formula is C32H40N8O. The van der Waals surface area contributed by atoms with Crippen LogP contribution in [0.2, 0.25) is 0 Å². The van der Waals surface area contributed by atoms with Crippen LogP contribution < -0.4 is 16.4 Å². The summed E-state index contributed by atoms with van der Waals surface area (Å²) in [4.78, 5) is 24.4. The van der Waals surface area contributed by atoms with Crippen molar-refractivity contribution in [3.8, 4) is 0 Å². The second-order valence-electron chi connectivity index (χ2n) is 11.6. The Morgan fingerprint density at radius 2 is 1.66 bits per heavy atom. The largest absolute Gasteiger partial charge is 0.383 e. The molecule has 1 atom stereocenters. The zero-order valence-electron chi connectivity index (χ0n) is 24.0. The summed E-state index contributed by atoms with van der Waals surface area (Å²) in [5, 5.41) is 6.06. The average Bonchev–Trinajstić information content (AvgIpc) is 3.37. The first-order chi connectivity index (χ1) is 19.9. The van der Waals surface area contributed by atoms with Gasteiger partial charge in [-0.3, -0.25) is 14.5 Å². The van der Waals surface area contributed by atoms with E-state index in [0.29, 0.717) is 23.2 Å². The van der Waals surface area contributed by atoms with Crippen molar-refractivity contribution in [1.82, 2.24) is 24.6 Å². The van der Waals surface area contributed by atoms with E-state index in [1.54, 1.807) is 11.1 Å². The molecule has 9 nitrogen and oxygen atoms in total. The molecule has 2 fully saturated rings. The number of aromatic nitrogens is 3. The highest BCUT2D eigenvalue weighted by Crippen LogP contribution is 2.40. The molecule has 0 radical (unpaired) electrons. The Balaban J connectivity index is 1.41. The number of carbonyl (C=O) groups is 1. The van der Waals surface area contributed by atoms with Crippen molar-refractivity contribution < 1.29 is 4.79 Å². The third kappa shape index (κ3) is 5.39. The van der Waals surface area contributed by atoms with Crippen LogP contribution in [0.1, 0.15) is 54.6 Å². The van der Waals surface area contributed by atoms with Crippen LogP contribution in [0.25, 0.3) is 10.9 Å². The fraction of sp³-hybridized carbons (Fsp3) is 0.406. The van der Waals surface area contributed by atoms with Gasteiger partial charge in [-0.15, -0.1) is 0 Å². The standard InChI is InChI=1S/C32H40N8O/c1-22-7-6-10-26(21-22)39(32(34)41)30(23-8-4-3-5-9-23)29-28-27(15-16-35-31(28)33)40(36-29)25-13-11-24(12-14-25)38-19-17-37(2)18-20-38/h3-10,15-16,21,24-25,30H,11-14,17-20H2,1-2H3,(H2,33,35)(H2,34,41). The van der Waals surface area contributed by atoms with Crippen LogP contribution in [-0.4, -0.2) is 69.9 Å². The number of amides is 2. The number of anilines is 2. The second-order valence-corrected chi connectivity index (χ2v) is 11.6. The first-order valence-electron chi connectivity index (χ1n) is 14.7. The van der Waals surface area contributed by atoms with Crippen molar-refractivity contribution in [1.29, 1.82) is 0 Å². The summed E-state index contributed by atoms with van der Waals surface area (Å²) >= 11 is 0. The highest BCUT2D eigenvalue weighted by atomic mass is 16.2. The van der Waals surface area contributed by atoms with Crippen LogP contribution in [-0.2, 0) is 0 Å². The number of likely N-dealkylation sites (N-methyl/N-ethyl adjacent to an activating group) is 1. The van der Waals surface area contributed by atoms with Gasteiger partial charge >= 0.3 is 6.03 Å². The Morgan fingerprint density at radius 3 is 2.34 bits per heavy atom. The van der Waals surface area contributed by atoms with Gasteiger partial charge in [0.05, 0.1) is 16.9 Å². The number of urea groups is 1. The SMILES string of the molecule is Cc1cccc(N(C(N)=O)C(c2ccccc2)c2nn(C3CCC(N4CCN(C)CC4)CC3)c3ccnc(N)c23)c1. The van der Waals surface area contributed by atoms with E-state index in [1.807, 2.05) is 67.6 Å². The van der Waals surface area contributed by atoms with Crippen LogP contribution in [0.3, 0.4) is 0 Å². The lowest BCUT2D eigenvalue weighted by Crippen LogP contribution is -2.49. The van der Waals surface area contributed by atoms with Gasteiger partial charge in [-0.1, -0.05) is 42.5 Å². The molecule has 9 heteroatoms. The minimum Gasteiger partial charge on any atom is -0.383 e. The van der Waals surface area contributed by atoms with Crippen molar-refractivity contribution >= 4 is 28.4 Å². The van der Waals surface area contributed by atoms with Crippen molar-refractivity contribution in [2.75, 3.05) is 43.9 Å². The minimum absolute atomic E-state index is 0.245. The summed E-state index contributed by atoms with van der Waals surface area (Å²) < 4.78 is 2.15.